The summed E-state index contributed by atoms with van der Waals surface area (Å²) in [5.41, 5.74) is 3.17. The van der Waals surface area contributed by atoms with Gasteiger partial charge in [-0.15, -0.1) is 11.3 Å². The van der Waals surface area contributed by atoms with Crippen LogP contribution in [0.3, 0.4) is 0 Å². The van der Waals surface area contributed by atoms with E-state index < -0.39 is 11.9 Å². The number of carbonyl (C=O) groups is 1. The smallest absolute Gasteiger partial charge is 0.311 e. The van der Waals surface area contributed by atoms with Crippen LogP contribution in [0.25, 0.3) is 10.2 Å². The van der Waals surface area contributed by atoms with Gasteiger partial charge in [-0.3, -0.25) is 4.79 Å². The third kappa shape index (κ3) is 2.31. The third-order valence-electron chi connectivity index (χ3n) is 2.80. The van der Waals surface area contributed by atoms with Crippen molar-refractivity contribution in [2.24, 2.45) is 5.41 Å². The van der Waals surface area contributed by atoms with Crippen LogP contribution in [0, 0.1) is 5.41 Å². The normalized spacial score (nSPS) is 13.8. The first kappa shape index (κ1) is 12.0. The number of nitrogens with zero attached hydrogens (tertiary/aromatic N) is 1. The molecule has 4 heteroatoms. The summed E-state index contributed by atoms with van der Waals surface area (Å²) in [5, 5.41) is 9.37. The second-order valence-electron chi connectivity index (χ2n) is 5.22. The van der Waals surface area contributed by atoms with Crippen molar-refractivity contribution >= 4 is 27.5 Å². The lowest BCUT2D eigenvalue weighted by molar-refractivity contribution is -0.141. The number of thiazole rings is 1. The van der Waals surface area contributed by atoms with Crippen molar-refractivity contribution in [1.82, 2.24) is 4.98 Å². The van der Waals surface area contributed by atoms with E-state index in [4.69, 9.17) is 0 Å². The Kier molecular flexibility index (Phi) is 2.91. The zero-order valence-electron chi connectivity index (χ0n) is 10.1. The summed E-state index contributed by atoms with van der Waals surface area (Å²) < 4.78 is 1.09. The molecule has 1 N–H and O–H groups in total. The highest BCUT2D eigenvalue weighted by Gasteiger charge is 2.32. The minimum absolute atomic E-state index is 0.310. The van der Waals surface area contributed by atoms with E-state index in [-0.39, 0.29) is 5.41 Å². The van der Waals surface area contributed by atoms with Crippen LogP contribution in [0.5, 0.6) is 0 Å². The van der Waals surface area contributed by atoms with E-state index >= 15 is 0 Å². The van der Waals surface area contributed by atoms with Crippen molar-refractivity contribution in [3.63, 3.8) is 0 Å². The first-order chi connectivity index (χ1) is 7.89. The Hall–Kier alpha value is -1.42. The molecule has 0 fully saturated rings. The van der Waals surface area contributed by atoms with Crippen molar-refractivity contribution in [3.05, 3.63) is 29.3 Å². The van der Waals surface area contributed by atoms with E-state index in [0.29, 0.717) is 0 Å². The van der Waals surface area contributed by atoms with Gasteiger partial charge in [0.1, 0.15) is 0 Å². The zero-order valence-corrected chi connectivity index (χ0v) is 10.9. The molecule has 1 aromatic heterocycles. The molecular formula is C13H15NO2S. The molecule has 1 unspecified atom stereocenters. The fraction of sp³-hybridized carbons (Fsp3) is 0.385. The van der Waals surface area contributed by atoms with Crippen LogP contribution in [-0.2, 0) is 4.79 Å². The van der Waals surface area contributed by atoms with Crippen LogP contribution in [-0.4, -0.2) is 16.1 Å². The Morgan fingerprint density at radius 1 is 1.41 bits per heavy atom. The minimum Gasteiger partial charge on any atom is -0.481 e. The van der Waals surface area contributed by atoms with Crippen LogP contribution in [0.2, 0.25) is 0 Å². The Balaban J connectivity index is 2.52. The lowest BCUT2D eigenvalue weighted by atomic mass is 9.76. The standard InChI is InChI=1S/C13H15NO2S/c1-13(2,3)11(12(15)16)8-4-5-10-9(6-8)14-7-17-10/h4-7,11H,1-3H3,(H,15,16). The largest absolute Gasteiger partial charge is 0.481 e. The Morgan fingerprint density at radius 2 is 2.12 bits per heavy atom. The van der Waals surface area contributed by atoms with Gasteiger partial charge in [0.25, 0.3) is 0 Å². The number of fused-ring (bicyclic) bond motifs is 1. The number of carboxylic acids is 1. The summed E-state index contributed by atoms with van der Waals surface area (Å²) in [5.74, 6) is -1.29. The van der Waals surface area contributed by atoms with Crippen molar-refractivity contribution in [2.75, 3.05) is 0 Å². The molecule has 3 nitrogen and oxygen atoms in total. The number of benzene rings is 1. The fourth-order valence-corrected chi connectivity index (χ4v) is 2.73. The van der Waals surface area contributed by atoms with Gasteiger partial charge in [0.2, 0.25) is 0 Å². The first-order valence-electron chi connectivity index (χ1n) is 5.45. The molecule has 1 aromatic carbocycles. The Morgan fingerprint density at radius 3 is 2.71 bits per heavy atom. The molecule has 0 radical (unpaired) electrons. The predicted molar refractivity (Wildman–Crippen MR) is 69.5 cm³/mol. The van der Waals surface area contributed by atoms with Gasteiger partial charge in [0.05, 0.1) is 21.6 Å². The summed E-state index contributed by atoms with van der Waals surface area (Å²) in [7, 11) is 0. The first-order valence-corrected chi connectivity index (χ1v) is 6.33. The molecule has 2 rings (SSSR count). The van der Waals surface area contributed by atoms with Gasteiger partial charge < -0.3 is 5.11 Å². The molecule has 0 aliphatic carbocycles. The lowest BCUT2D eigenvalue weighted by Gasteiger charge is -2.27. The highest BCUT2D eigenvalue weighted by Crippen LogP contribution is 2.36. The molecule has 0 saturated carbocycles. The van der Waals surface area contributed by atoms with Gasteiger partial charge in [-0.1, -0.05) is 26.8 Å². The van der Waals surface area contributed by atoms with Crippen LogP contribution in [0.15, 0.2) is 23.7 Å². The summed E-state index contributed by atoms with van der Waals surface area (Å²) >= 11 is 1.57. The van der Waals surface area contributed by atoms with Crippen LogP contribution >= 0.6 is 11.3 Å². The number of rotatable bonds is 2. The van der Waals surface area contributed by atoms with Gasteiger partial charge >= 0.3 is 5.97 Å². The SMILES string of the molecule is CC(C)(C)C(C(=O)O)c1ccc2scnc2c1. The second kappa shape index (κ2) is 4.11. The molecule has 0 aliphatic rings. The predicted octanol–water partition coefficient (Wildman–Crippen LogP) is 3.51. The fourth-order valence-electron chi connectivity index (χ4n) is 2.07. The van der Waals surface area contributed by atoms with Crippen molar-refractivity contribution < 1.29 is 9.90 Å². The lowest BCUT2D eigenvalue weighted by Crippen LogP contribution is -2.26. The van der Waals surface area contributed by atoms with E-state index in [1.165, 1.54) is 0 Å². The van der Waals surface area contributed by atoms with Gasteiger partial charge in [-0.2, -0.15) is 0 Å². The average molecular weight is 249 g/mol. The van der Waals surface area contributed by atoms with E-state index in [1.807, 2.05) is 39.0 Å². The third-order valence-corrected chi connectivity index (χ3v) is 3.61. The van der Waals surface area contributed by atoms with Crippen molar-refractivity contribution in [2.45, 2.75) is 26.7 Å². The zero-order chi connectivity index (χ0) is 12.6. The van der Waals surface area contributed by atoms with Crippen LogP contribution < -0.4 is 0 Å². The average Bonchev–Trinajstić information content (AvgIpc) is 2.61. The van der Waals surface area contributed by atoms with Gasteiger partial charge in [0.15, 0.2) is 0 Å². The highest BCUT2D eigenvalue weighted by atomic mass is 32.1. The highest BCUT2D eigenvalue weighted by molar-refractivity contribution is 7.16. The van der Waals surface area contributed by atoms with E-state index in [1.54, 1.807) is 16.8 Å². The molecule has 0 aliphatic heterocycles. The second-order valence-corrected chi connectivity index (χ2v) is 6.10. The number of carboxylic acid groups (broad SMARTS) is 1. The maximum absolute atomic E-state index is 11.4. The van der Waals surface area contributed by atoms with E-state index in [2.05, 4.69) is 4.98 Å². The van der Waals surface area contributed by atoms with E-state index in [0.717, 1.165) is 15.8 Å². The molecule has 17 heavy (non-hydrogen) atoms. The van der Waals surface area contributed by atoms with Crippen molar-refractivity contribution in [3.8, 4) is 0 Å². The molecule has 0 bridgehead atoms. The maximum atomic E-state index is 11.4. The summed E-state index contributed by atoms with van der Waals surface area (Å²) in [6.45, 7) is 5.82. The molecule has 0 amide bonds. The maximum Gasteiger partial charge on any atom is 0.311 e. The van der Waals surface area contributed by atoms with E-state index in [9.17, 15) is 9.90 Å². The Labute approximate surface area is 104 Å². The molecular weight excluding hydrogens is 234 g/mol. The Bertz CT molecular complexity index is 554. The molecule has 90 valence electrons. The molecule has 1 atom stereocenters. The minimum atomic E-state index is -0.785. The van der Waals surface area contributed by atoms with Gasteiger partial charge in [-0.25, -0.2) is 4.98 Å². The molecule has 0 saturated heterocycles. The number of hydrogen-bond acceptors (Lipinski definition) is 3. The number of aliphatic carboxylic acids is 1. The number of aromatic nitrogens is 1. The van der Waals surface area contributed by atoms with Crippen molar-refractivity contribution in [1.29, 1.82) is 0 Å². The van der Waals surface area contributed by atoms with Gasteiger partial charge in [0, 0.05) is 0 Å². The molecule has 2 aromatic rings. The van der Waals surface area contributed by atoms with Gasteiger partial charge in [-0.05, 0) is 23.1 Å². The molecule has 1 heterocycles. The summed E-state index contributed by atoms with van der Waals surface area (Å²) in [6.07, 6.45) is 0. The summed E-state index contributed by atoms with van der Waals surface area (Å²) in [6, 6.07) is 5.73. The summed E-state index contributed by atoms with van der Waals surface area (Å²) in [4.78, 5) is 15.6. The van der Waals surface area contributed by atoms with Crippen LogP contribution in [0.1, 0.15) is 32.3 Å². The quantitative estimate of drug-likeness (QED) is 0.886. The molecule has 0 spiro atoms. The monoisotopic (exact) mass is 249 g/mol. The van der Waals surface area contributed by atoms with Crippen LogP contribution in [0.4, 0.5) is 0 Å². The topological polar surface area (TPSA) is 50.2 Å². The number of hydrogen-bond donors (Lipinski definition) is 1.